The van der Waals surface area contributed by atoms with Gasteiger partial charge in [-0.05, 0) is 44.1 Å². The fourth-order valence-corrected chi connectivity index (χ4v) is 5.78. The highest BCUT2D eigenvalue weighted by molar-refractivity contribution is 6.04. The molecule has 0 radical (unpaired) electrons. The molecule has 4 nitrogen and oxygen atoms in total. The van der Waals surface area contributed by atoms with Crippen LogP contribution in [0.5, 0.6) is 0 Å². The smallest absolute Gasteiger partial charge is 0.323 e. The van der Waals surface area contributed by atoms with Gasteiger partial charge in [0.25, 0.3) is 0 Å². The molecular weight excluding hydrogens is 425 g/mol. The van der Waals surface area contributed by atoms with Crippen molar-refractivity contribution < 1.29 is 13.2 Å². The summed E-state index contributed by atoms with van der Waals surface area (Å²) < 4.78 is 44.1. The topological polar surface area (TPSA) is 42.7 Å². The van der Waals surface area contributed by atoms with Crippen LogP contribution >= 0.6 is 0 Å². The van der Waals surface area contributed by atoms with Gasteiger partial charge in [-0.2, -0.15) is 13.2 Å². The van der Waals surface area contributed by atoms with E-state index in [0.29, 0.717) is 46.8 Å². The van der Waals surface area contributed by atoms with E-state index in [1.807, 2.05) is 47.0 Å². The van der Waals surface area contributed by atoms with Crippen LogP contribution in [0.2, 0.25) is 0 Å². The molecule has 7 heteroatoms. The Morgan fingerprint density at radius 2 is 1.61 bits per heavy atom. The van der Waals surface area contributed by atoms with E-state index in [9.17, 15) is 13.2 Å². The number of fused-ring (bicyclic) bond motifs is 5. The summed E-state index contributed by atoms with van der Waals surface area (Å²) in [5.74, 6) is 1.14. The lowest BCUT2D eigenvalue weighted by Gasteiger charge is -2.29. The van der Waals surface area contributed by atoms with Crippen LogP contribution in [0.25, 0.3) is 33.3 Å². The summed E-state index contributed by atoms with van der Waals surface area (Å²) in [7, 11) is 0. The molecule has 0 amide bonds. The molecule has 2 unspecified atom stereocenters. The highest BCUT2D eigenvalue weighted by Crippen LogP contribution is 2.39. The molecule has 2 aliphatic rings. The molecular formula is C26H25F3N4. The standard InChI is InChI=1S/C26H25F3N4/c27-26(28,29)24-22-23(20-8-4-5-9-21(20)31-24)33(25(32-22)17-6-2-1-3-7-17)13-12-16-14-18-10-11-19(15-16)30-18/h1-9,16,18-19,30H,10-15H2. The molecule has 0 spiro atoms. The number of hydrogen-bond donors (Lipinski definition) is 1. The molecule has 6 rings (SSSR count). The van der Waals surface area contributed by atoms with Gasteiger partial charge in [0.15, 0.2) is 5.69 Å². The number of halogens is 3. The van der Waals surface area contributed by atoms with Gasteiger partial charge in [-0.15, -0.1) is 0 Å². The van der Waals surface area contributed by atoms with E-state index >= 15 is 0 Å². The van der Waals surface area contributed by atoms with E-state index in [4.69, 9.17) is 0 Å². The fraction of sp³-hybridized carbons (Fsp3) is 0.385. The summed E-state index contributed by atoms with van der Waals surface area (Å²) in [5.41, 5.74) is 0.718. The van der Waals surface area contributed by atoms with Gasteiger partial charge in [0.1, 0.15) is 11.3 Å². The Morgan fingerprint density at radius 1 is 0.909 bits per heavy atom. The molecule has 4 heterocycles. The van der Waals surface area contributed by atoms with E-state index in [2.05, 4.69) is 15.3 Å². The van der Waals surface area contributed by atoms with Gasteiger partial charge >= 0.3 is 6.18 Å². The number of para-hydroxylation sites is 1. The normalized spacial score (nSPS) is 22.9. The predicted molar refractivity (Wildman–Crippen MR) is 123 cm³/mol. The van der Waals surface area contributed by atoms with Crippen LogP contribution in [0.1, 0.15) is 37.8 Å². The van der Waals surface area contributed by atoms with Crippen LogP contribution in [0.4, 0.5) is 13.2 Å². The maximum absolute atomic E-state index is 14.0. The summed E-state index contributed by atoms with van der Waals surface area (Å²) in [4.78, 5) is 8.57. The number of pyridine rings is 1. The van der Waals surface area contributed by atoms with E-state index in [1.165, 1.54) is 12.8 Å². The molecule has 4 aromatic rings. The Hall–Kier alpha value is -2.93. The Kier molecular flexibility index (Phi) is 4.91. The second kappa shape index (κ2) is 7.83. The number of nitrogens with one attached hydrogen (secondary N) is 1. The van der Waals surface area contributed by atoms with Crippen molar-refractivity contribution in [3.05, 3.63) is 60.3 Å². The second-order valence-electron chi connectivity index (χ2n) is 9.39. The van der Waals surface area contributed by atoms with E-state index in [0.717, 1.165) is 24.8 Å². The van der Waals surface area contributed by atoms with Crippen molar-refractivity contribution in [2.45, 2.75) is 56.9 Å². The van der Waals surface area contributed by atoms with E-state index < -0.39 is 11.9 Å². The summed E-state index contributed by atoms with van der Waals surface area (Å²) in [6, 6.07) is 17.8. The molecule has 33 heavy (non-hydrogen) atoms. The highest BCUT2D eigenvalue weighted by atomic mass is 19.4. The van der Waals surface area contributed by atoms with Crippen LogP contribution in [0.15, 0.2) is 54.6 Å². The zero-order chi connectivity index (χ0) is 22.6. The Morgan fingerprint density at radius 3 is 2.33 bits per heavy atom. The second-order valence-corrected chi connectivity index (χ2v) is 9.39. The van der Waals surface area contributed by atoms with Crippen molar-refractivity contribution in [2.75, 3.05) is 0 Å². The van der Waals surface area contributed by atoms with Crippen molar-refractivity contribution >= 4 is 21.9 Å². The highest BCUT2D eigenvalue weighted by Gasteiger charge is 2.38. The van der Waals surface area contributed by atoms with Gasteiger partial charge in [-0.3, -0.25) is 0 Å². The molecule has 2 fully saturated rings. The van der Waals surface area contributed by atoms with Gasteiger partial charge in [0, 0.05) is 29.6 Å². The number of rotatable bonds is 4. The number of nitrogens with zero attached hydrogens (tertiary/aromatic N) is 3. The SMILES string of the molecule is FC(F)(F)c1nc2ccccc2c2c1nc(-c1ccccc1)n2CCC1CC2CCC(C1)N2. The summed E-state index contributed by atoms with van der Waals surface area (Å²) in [6.45, 7) is 0.635. The number of aromatic nitrogens is 3. The lowest BCUT2D eigenvalue weighted by molar-refractivity contribution is -0.139. The summed E-state index contributed by atoms with van der Waals surface area (Å²) in [5, 5.41) is 4.39. The Labute approximate surface area is 189 Å². The zero-order valence-corrected chi connectivity index (χ0v) is 18.1. The van der Waals surface area contributed by atoms with Gasteiger partial charge in [-0.1, -0.05) is 48.5 Å². The molecule has 2 bridgehead atoms. The third-order valence-electron chi connectivity index (χ3n) is 7.22. The van der Waals surface area contributed by atoms with Gasteiger partial charge in [-0.25, -0.2) is 9.97 Å². The molecule has 0 saturated carbocycles. The molecule has 0 aliphatic carbocycles. The first-order valence-corrected chi connectivity index (χ1v) is 11.6. The number of hydrogen-bond acceptors (Lipinski definition) is 3. The quantitative estimate of drug-likeness (QED) is 0.403. The molecule has 2 atom stereocenters. The van der Waals surface area contributed by atoms with Crippen molar-refractivity contribution in [1.82, 2.24) is 19.9 Å². The monoisotopic (exact) mass is 450 g/mol. The van der Waals surface area contributed by atoms with Crippen molar-refractivity contribution in [2.24, 2.45) is 5.92 Å². The fourth-order valence-electron chi connectivity index (χ4n) is 5.78. The van der Waals surface area contributed by atoms with Crippen molar-refractivity contribution in [3.8, 4) is 11.4 Å². The van der Waals surface area contributed by atoms with Crippen LogP contribution in [0.3, 0.4) is 0 Å². The summed E-state index contributed by atoms with van der Waals surface area (Å²) in [6.07, 6.45) is 1.09. The van der Waals surface area contributed by atoms with Gasteiger partial charge in [0.2, 0.25) is 0 Å². The first-order chi connectivity index (χ1) is 16.0. The van der Waals surface area contributed by atoms with Gasteiger partial charge < -0.3 is 9.88 Å². The first kappa shape index (κ1) is 20.7. The van der Waals surface area contributed by atoms with Crippen molar-refractivity contribution in [1.29, 1.82) is 0 Å². The molecule has 2 saturated heterocycles. The number of imidazole rings is 1. The molecule has 1 N–H and O–H groups in total. The largest absolute Gasteiger partial charge is 0.435 e. The van der Waals surface area contributed by atoms with Gasteiger partial charge in [0.05, 0.1) is 11.0 Å². The third kappa shape index (κ3) is 3.68. The lowest BCUT2D eigenvalue weighted by Crippen LogP contribution is -2.38. The molecule has 2 aliphatic heterocycles. The zero-order valence-electron chi connectivity index (χ0n) is 18.1. The van der Waals surface area contributed by atoms with Crippen LogP contribution in [-0.4, -0.2) is 26.6 Å². The number of piperidine rings is 1. The van der Waals surface area contributed by atoms with Crippen molar-refractivity contribution in [3.63, 3.8) is 0 Å². The van der Waals surface area contributed by atoms with E-state index in [-0.39, 0.29) is 5.52 Å². The minimum atomic E-state index is -4.58. The lowest BCUT2D eigenvalue weighted by atomic mass is 9.89. The molecule has 2 aromatic heterocycles. The minimum absolute atomic E-state index is 0.0644. The van der Waals surface area contributed by atoms with Crippen LogP contribution in [-0.2, 0) is 12.7 Å². The molecule has 170 valence electrons. The number of alkyl halides is 3. The third-order valence-corrected chi connectivity index (χ3v) is 7.22. The summed E-state index contributed by atoms with van der Waals surface area (Å²) >= 11 is 0. The van der Waals surface area contributed by atoms with Crippen LogP contribution in [0, 0.1) is 5.92 Å². The molecule has 2 aromatic carbocycles. The van der Waals surface area contributed by atoms with E-state index in [1.54, 1.807) is 12.1 Å². The predicted octanol–water partition coefficient (Wildman–Crippen LogP) is 6.19. The first-order valence-electron chi connectivity index (χ1n) is 11.6. The average molecular weight is 451 g/mol. The average Bonchev–Trinajstić information content (AvgIpc) is 3.36. The van der Waals surface area contributed by atoms with Crippen LogP contribution < -0.4 is 5.32 Å². The minimum Gasteiger partial charge on any atom is -0.323 e. The Bertz CT molecular complexity index is 1300. The maximum atomic E-state index is 14.0. The number of benzene rings is 2. The Balaban J connectivity index is 1.53. The maximum Gasteiger partial charge on any atom is 0.435 e. The number of aryl methyl sites for hydroxylation is 1.